The quantitative estimate of drug-likeness (QED) is 0.130. The van der Waals surface area contributed by atoms with Crippen LogP contribution < -0.4 is 21.3 Å². The van der Waals surface area contributed by atoms with E-state index in [2.05, 4.69) is 25.6 Å². The lowest BCUT2D eigenvalue weighted by atomic mass is 10.0. The van der Waals surface area contributed by atoms with E-state index in [9.17, 15) is 24.5 Å². The molecule has 0 bridgehead atoms. The third-order valence-electron chi connectivity index (χ3n) is 6.72. The molecule has 2 aromatic heterocycles. The van der Waals surface area contributed by atoms with E-state index in [4.69, 9.17) is 19.5 Å². The number of amides is 2. The molecule has 3 aliphatic heterocycles. The number of anilines is 1. The summed E-state index contributed by atoms with van der Waals surface area (Å²) >= 11 is 1.83. The predicted molar refractivity (Wildman–Crippen MR) is 129 cm³/mol. The minimum absolute atomic E-state index is 0.0373. The van der Waals surface area contributed by atoms with Crippen LogP contribution in [0.3, 0.4) is 0 Å². The SMILES string of the molecule is Nc1ncnc2c1ncn2[C@@H]1OC(COP(=O)([O-])OCCCCC[C@@H]2SC[C@@H]3NC(=O)N[C@@H]32)[C@@H](O)[C@H]1O. The van der Waals surface area contributed by atoms with Crippen molar-refractivity contribution in [3.05, 3.63) is 12.7 Å². The van der Waals surface area contributed by atoms with Gasteiger partial charge in [-0.3, -0.25) is 9.13 Å². The van der Waals surface area contributed by atoms with Crippen molar-refractivity contribution in [3.8, 4) is 0 Å². The summed E-state index contributed by atoms with van der Waals surface area (Å²) in [6, 6.07) is 0.213. The molecule has 2 amide bonds. The number of phosphoric acid groups is 1. The summed E-state index contributed by atoms with van der Waals surface area (Å²) in [6.45, 7) is -0.578. The zero-order chi connectivity index (χ0) is 26.2. The zero-order valence-electron chi connectivity index (χ0n) is 19.7. The lowest BCUT2D eigenvalue weighted by molar-refractivity contribution is -0.228. The maximum Gasteiger partial charge on any atom is 0.315 e. The molecule has 3 saturated heterocycles. The van der Waals surface area contributed by atoms with Crippen LogP contribution in [0, 0.1) is 0 Å². The first-order valence-corrected chi connectivity index (χ1v) is 14.5. The van der Waals surface area contributed by atoms with Gasteiger partial charge in [0, 0.05) is 11.0 Å². The largest absolute Gasteiger partial charge is 0.756 e. The number of aromatic nitrogens is 4. The van der Waals surface area contributed by atoms with Gasteiger partial charge in [-0.1, -0.05) is 12.8 Å². The number of nitrogens with one attached hydrogen (secondary N) is 2. The molecule has 0 spiro atoms. The van der Waals surface area contributed by atoms with Gasteiger partial charge in [-0.15, -0.1) is 0 Å². The first-order valence-electron chi connectivity index (χ1n) is 12.0. The van der Waals surface area contributed by atoms with Gasteiger partial charge in [0.1, 0.15) is 30.2 Å². The first-order chi connectivity index (χ1) is 17.7. The van der Waals surface area contributed by atoms with Crippen molar-refractivity contribution < 1.29 is 38.3 Å². The Kier molecular flexibility index (Phi) is 7.88. The number of phosphoric ester groups is 1. The Morgan fingerprint density at radius 3 is 2.89 bits per heavy atom. The summed E-state index contributed by atoms with van der Waals surface area (Å²) in [6.07, 6.45) is 0.618. The van der Waals surface area contributed by atoms with Crippen molar-refractivity contribution in [1.82, 2.24) is 30.2 Å². The second-order valence-corrected chi connectivity index (χ2v) is 11.9. The van der Waals surface area contributed by atoms with Crippen molar-refractivity contribution in [3.63, 3.8) is 0 Å². The molecule has 3 aliphatic rings. The smallest absolute Gasteiger partial charge is 0.315 e. The molecule has 8 atom stereocenters. The molecule has 2 unspecified atom stereocenters. The van der Waals surface area contributed by atoms with Crippen LogP contribution >= 0.6 is 19.6 Å². The van der Waals surface area contributed by atoms with Crippen molar-refractivity contribution in [2.45, 2.75) is 67.6 Å². The van der Waals surface area contributed by atoms with E-state index in [0.717, 1.165) is 25.0 Å². The molecule has 0 radical (unpaired) electrons. The monoisotopic (exact) mass is 558 g/mol. The Labute approximate surface area is 216 Å². The summed E-state index contributed by atoms with van der Waals surface area (Å²) in [7, 11) is -4.65. The number of unbranched alkanes of at least 4 members (excludes halogenated alkanes) is 2. The van der Waals surface area contributed by atoms with E-state index < -0.39 is 39.0 Å². The normalized spacial score (nSPS) is 32.8. The summed E-state index contributed by atoms with van der Waals surface area (Å²) in [4.78, 5) is 35.7. The lowest BCUT2D eigenvalue weighted by Crippen LogP contribution is -2.36. The number of hydrogen-bond acceptors (Lipinski definition) is 13. The number of nitrogens with two attached hydrogens (primary N) is 1. The van der Waals surface area contributed by atoms with Crippen LogP contribution in [0.15, 0.2) is 12.7 Å². The highest BCUT2D eigenvalue weighted by Gasteiger charge is 2.45. The standard InChI is InChI=1S/C20H30N7O8PS/c21-17-14-18(23-8-22-17)27(9-24-14)19-16(29)15(28)11(35-19)6-34-36(31,32)33-5-3-1-2-4-12-13-10(7-37-12)25-20(30)26-13/h8-13,15-16,19,28-29H,1-7H2,(H,31,32)(H2,21,22,23)(H2,25,26,30)/p-1/t10-,11?,12-,13-,15+,16+,19+/m0/s1. The van der Waals surface area contributed by atoms with Gasteiger partial charge in [0.25, 0.3) is 7.82 Å². The Bertz CT molecular complexity index is 1170. The number of hydrogen-bond donors (Lipinski definition) is 5. The number of ether oxygens (including phenoxy) is 1. The van der Waals surface area contributed by atoms with E-state index in [-0.39, 0.29) is 30.5 Å². The Balaban J connectivity index is 1.03. The number of carbonyl (C=O) groups is 1. The van der Waals surface area contributed by atoms with Crippen molar-refractivity contribution in [1.29, 1.82) is 0 Å². The van der Waals surface area contributed by atoms with Crippen LogP contribution in [0.5, 0.6) is 0 Å². The third-order valence-corrected chi connectivity index (χ3v) is 9.19. The van der Waals surface area contributed by atoms with Gasteiger partial charge in [0.05, 0.1) is 31.6 Å². The fourth-order valence-electron chi connectivity index (χ4n) is 4.80. The Morgan fingerprint density at radius 2 is 2.05 bits per heavy atom. The van der Waals surface area contributed by atoms with Crippen molar-refractivity contribution >= 4 is 42.6 Å². The maximum atomic E-state index is 12.2. The second-order valence-electron chi connectivity index (χ2n) is 9.18. The summed E-state index contributed by atoms with van der Waals surface area (Å²) in [5.74, 6) is 1.04. The van der Waals surface area contributed by atoms with Gasteiger partial charge < -0.3 is 45.3 Å². The number of nitrogen functional groups attached to an aromatic ring is 1. The highest BCUT2D eigenvalue weighted by molar-refractivity contribution is 8.00. The predicted octanol–water partition coefficient (Wildman–Crippen LogP) is -0.745. The second kappa shape index (κ2) is 11.0. The molecular formula is C20H29N7O8PS-. The van der Waals surface area contributed by atoms with Crippen LogP contribution in [-0.4, -0.2) is 90.4 Å². The average molecular weight is 559 g/mol. The number of rotatable bonds is 11. The number of carbonyl (C=O) groups excluding carboxylic acids is 1. The van der Waals surface area contributed by atoms with Crippen molar-refractivity contribution in [2.75, 3.05) is 24.7 Å². The highest BCUT2D eigenvalue weighted by Crippen LogP contribution is 2.41. The van der Waals surface area contributed by atoms with E-state index in [1.165, 1.54) is 17.2 Å². The van der Waals surface area contributed by atoms with Gasteiger partial charge in [-0.05, 0) is 12.8 Å². The fourth-order valence-corrected chi connectivity index (χ4v) is 7.10. The molecule has 5 rings (SSSR count). The van der Waals surface area contributed by atoms with Gasteiger partial charge in [0.2, 0.25) is 0 Å². The first kappa shape index (κ1) is 26.6. The number of nitrogens with zero attached hydrogens (tertiary/aromatic N) is 4. The highest BCUT2D eigenvalue weighted by atomic mass is 32.2. The molecule has 15 nitrogen and oxygen atoms in total. The van der Waals surface area contributed by atoms with Gasteiger partial charge in [0.15, 0.2) is 17.7 Å². The molecule has 204 valence electrons. The van der Waals surface area contributed by atoms with Gasteiger partial charge >= 0.3 is 6.03 Å². The minimum atomic E-state index is -4.65. The van der Waals surface area contributed by atoms with E-state index in [1.54, 1.807) is 0 Å². The molecular weight excluding hydrogens is 529 g/mol. The van der Waals surface area contributed by atoms with E-state index in [1.807, 2.05) is 11.8 Å². The topological polar surface area (TPSA) is 219 Å². The average Bonchev–Trinajstić information content (AvgIpc) is 3.60. The Morgan fingerprint density at radius 1 is 1.22 bits per heavy atom. The number of urea groups is 1. The lowest BCUT2D eigenvalue weighted by Gasteiger charge is -2.25. The van der Waals surface area contributed by atoms with Crippen LogP contribution in [0.1, 0.15) is 31.9 Å². The van der Waals surface area contributed by atoms with Crippen LogP contribution in [0.2, 0.25) is 0 Å². The van der Waals surface area contributed by atoms with Gasteiger partial charge in [-0.2, -0.15) is 11.8 Å². The van der Waals surface area contributed by atoms with Crippen molar-refractivity contribution in [2.24, 2.45) is 0 Å². The number of thioether (sulfide) groups is 1. The molecule has 2 aromatic rings. The number of aliphatic hydroxyl groups excluding tert-OH is 2. The van der Waals surface area contributed by atoms with Crippen LogP contribution in [0.4, 0.5) is 10.6 Å². The molecule has 3 fully saturated rings. The summed E-state index contributed by atoms with van der Waals surface area (Å²) in [5, 5.41) is 27.0. The van der Waals surface area contributed by atoms with E-state index in [0.29, 0.717) is 22.8 Å². The van der Waals surface area contributed by atoms with Gasteiger partial charge in [-0.25, -0.2) is 19.7 Å². The number of imidazole rings is 1. The zero-order valence-corrected chi connectivity index (χ0v) is 21.4. The van der Waals surface area contributed by atoms with Crippen LogP contribution in [0.25, 0.3) is 11.2 Å². The molecule has 6 N–H and O–H groups in total. The molecule has 0 saturated carbocycles. The molecule has 0 aliphatic carbocycles. The maximum absolute atomic E-state index is 12.2. The fraction of sp³-hybridized carbons (Fsp3) is 0.700. The Hall–Kier alpha value is -2.04. The molecule has 17 heteroatoms. The van der Waals surface area contributed by atoms with E-state index >= 15 is 0 Å². The molecule has 0 aromatic carbocycles. The third kappa shape index (κ3) is 5.71. The summed E-state index contributed by atoms with van der Waals surface area (Å²) < 4.78 is 29.1. The number of aliphatic hydroxyl groups is 2. The minimum Gasteiger partial charge on any atom is -0.756 e. The molecule has 37 heavy (non-hydrogen) atoms. The summed E-state index contributed by atoms with van der Waals surface area (Å²) in [5.41, 5.74) is 6.37. The molecule has 5 heterocycles. The number of fused-ring (bicyclic) bond motifs is 2. The van der Waals surface area contributed by atoms with Crippen LogP contribution in [-0.2, 0) is 18.3 Å².